The summed E-state index contributed by atoms with van der Waals surface area (Å²) < 4.78 is 5.47. The summed E-state index contributed by atoms with van der Waals surface area (Å²) in [5.41, 5.74) is 7.10. The number of nitrogens with zero attached hydrogens (tertiary/aromatic N) is 5. The van der Waals surface area contributed by atoms with E-state index in [0.29, 0.717) is 12.2 Å². The highest BCUT2D eigenvalue weighted by atomic mass is 16.5. The lowest BCUT2D eigenvalue weighted by molar-refractivity contribution is 0.0342. The second-order valence-corrected chi connectivity index (χ2v) is 8.79. The molecule has 174 valence electrons. The van der Waals surface area contributed by atoms with Crippen LogP contribution in [-0.4, -0.2) is 56.4 Å². The van der Waals surface area contributed by atoms with Gasteiger partial charge < -0.3 is 9.72 Å². The van der Waals surface area contributed by atoms with Gasteiger partial charge in [0, 0.05) is 55.0 Å². The quantitative estimate of drug-likeness (QED) is 0.400. The number of hydrogen-bond donors (Lipinski definition) is 1. The normalized spacial score (nSPS) is 14.4. The predicted molar refractivity (Wildman–Crippen MR) is 136 cm³/mol. The number of pyridine rings is 1. The van der Waals surface area contributed by atoms with Crippen molar-refractivity contribution in [3.8, 4) is 22.5 Å². The van der Waals surface area contributed by atoms with Crippen LogP contribution in [0.5, 0.6) is 0 Å². The lowest BCUT2D eigenvalue weighted by atomic mass is 10.0. The Bertz CT molecular complexity index is 1430. The molecule has 0 unspecified atom stereocenters. The van der Waals surface area contributed by atoms with E-state index >= 15 is 0 Å². The van der Waals surface area contributed by atoms with Crippen LogP contribution in [-0.2, 0) is 17.7 Å². The minimum Gasteiger partial charge on any atom is -0.379 e. The molecule has 1 aliphatic rings. The maximum atomic E-state index is 5.47. The molecule has 0 bridgehead atoms. The van der Waals surface area contributed by atoms with Gasteiger partial charge in [-0.15, -0.1) is 10.2 Å². The van der Waals surface area contributed by atoms with Crippen LogP contribution in [0.3, 0.4) is 0 Å². The van der Waals surface area contributed by atoms with E-state index in [-0.39, 0.29) is 0 Å². The molecule has 0 saturated carbocycles. The average molecular weight is 463 g/mol. The highest BCUT2D eigenvalue weighted by Gasteiger charge is 2.16. The molecular weight excluding hydrogens is 436 g/mol. The number of H-pyrrole nitrogens is 1. The molecule has 1 fully saturated rings. The highest BCUT2D eigenvalue weighted by Crippen LogP contribution is 2.29. The molecule has 4 heterocycles. The van der Waals surface area contributed by atoms with Crippen molar-refractivity contribution in [2.45, 2.75) is 13.0 Å². The van der Waals surface area contributed by atoms with Crippen molar-refractivity contribution in [1.29, 1.82) is 0 Å². The molecule has 35 heavy (non-hydrogen) atoms. The van der Waals surface area contributed by atoms with E-state index < -0.39 is 0 Å². The second-order valence-electron chi connectivity index (χ2n) is 8.79. The molecule has 2 aromatic carbocycles. The Morgan fingerprint density at radius 3 is 2.49 bits per heavy atom. The molecule has 0 radical (unpaired) electrons. The first-order valence-electron chi connectivity index (χ1n) is 11.9. The van der Waals surface area contributed by atoms with Crippen molar-refractivity contribution in [3.05, 3.63) is 96.2 Å². The monoisotopic (exact) mass is 462 g/mol. The third kappa shape index (κ3) is 4.69. The van der Waals surface area contributed by atoms with Gasteiger partial charge in [0.25, 0.3) is 0 Å². The Hall–Kier alpha value is -3.94. The zero-order valence-electron chi connectivity index (χ0n) is 19.4. The molecule has 1 N–H and O–H groups in total. The second kappa shape index (κ2) is 9.74. The molecule has 0 amide bonds. The topological polar surface area (TPSA) is 79.8 Å². The molecule has 7 nitrogen and oxygen atoms in total. The first-order chi connectivity index (χ1) is 17.3. The summed E-state index contributed by atoms with van der Waals surface area (Å²) in [5.74, 6) is 0.690. The Balaban J connectivity index is 1.34. The van der Waals surface area contributed by atoms with Gasteiger partial charge in [0.15, 0.2) is 5.82 Å². The van der Waals surface area contributed by atoms with Crippen LogP contribution < -0.4 is 0 Å². The number of ether oxygens (including phenoxy) is 1. The molecule has 6 rings (SSSR count). The first kappa shape index (κ1) is 21.6. The summed E-state index contributed by atoms with van der Waals surface area (Å²) in [5, 5.41) is 10.3. The molecule has 0 spiro atoms. The number of hydrogen-bond acceptors (Lipinski definition) is 6. The molecule has 0 atom stereocenters. The highest BCUT2D eigenvalue weighted by molar-refractivity contribution is 5.82. The van der Waals surface area contributed by atoms with Crippen molar-refractivity contribution >= 4 is 10.9 Å². The Labute approximate surface area is 203 Å². The molecular formula is C28H26N6O. The van der Waals surface area contributed by atoms with Crippen LogP contribution in [0.2, 0.25) is 0 Å². The summed E-state index contributed by atoms with van der Waals surface area (Å²) >= 11 is 0. The van der Waals surface area contributed by atoms with Crippen LogP contribution in [0.1, 0.15) is 17.0 Å². The van der Waals surface area contributed by atoms with Crippen molar-refractivity contribution in [1.82, 2.24) is 30.0 Å². The number of morpholine rings is 1. The summed E-state index contributed by atoms with van der Waals surface area (Å²) in [7, 11) is 0. The minimum atomic E-state index is 0.591. The van der Waals surface area contributed by atoms with Gasteiger partial charge in [-0.05, 0) is 17.2 Å². The van der Waals surface area contributed by atoms with Crippen molar-refractivity contribution in [3.63, 3.8) is 0 Å². The molecule has 7 heteroatoms. The zero-order chi connectivity index (χ0) is 23.5. The van der Waals surface area contributed by atoms with Gasteiger partial charge in [0.2, 0.25) is 0 Å². The van der Waals surface area contributed by atoms with Crippen LogP contribution >= 0.6 is 0 Å². The van der Waals surface area contributed by atoms with E-state index in [1.165, 1.54) is 5.56 Å². The largest absolute Gasteiger partial charge is 0.379 e. The van der Waals surface area contributed by atoms with Crippen molar-refractivity contribution in [2.24, 2.45) is 0 Å². The number of rotatable bonds is 6. The van der Waals surface area contributed by atoms with E-state index in [2.05, 4.69) is 49.3 Å². The minimum absolute atomic E-state index is 0.591. The van der Waals surface area contributed by atoms with Gasteiger partial charge in [-0.2, -0.15) is 0 Å². The van der Waals surface area contributed by atoms with E-state index in [1.807, 2.05) is 48.8 Å². The van der Waals surface area contributed by atoms with Crippen molar-refractivity contribution < 1.29 is 4.74 Å². The van der Waals surface area contributed by atoms with E-state index in [1.54, 1.807) is 6.20 Å². The molecule has 3 aromatic heterocycles. The van der Waals surface area contributed by atoms with Crippen molar-refractivity contribution in [2.75, 3.05) is 26.3 Å². The van der Waals surface area contributed by atoms with Crippen LogP contribution in [0, 0.1) is 0 Å². The Morgan fingerprint density at radius 1 is 0.857 bits per heavy atom. The van der Waals surface area contributed by atoms with Gasteiger partial charge in [0.1, 0.15) is 11.4 Å². The molecule has 5 aromatic rings. The third-order valence-electron chi connectivity index (χ3n) is 6.43. The van der Waals surface area contributed by atoms with Gasteiger partial charge in [-0.1, -0.05) is 54.6 Å². The predicted octanol–water partition coefficient (Wildman–Crippen LogP) is 4.50. The lowest BCUT2D eigenvalue weighted by Gasteiger charge is -2.26. The first-order valence-corrected chi connectivity index (χ1v) is 11.9. The van der Waals surface area contributed by atoms with Crippen LogP contribution in [0.15, 0.2) is 79.3 Å². The Morgan fingerprint density at radius 2 is 1.66 bits per heavy atom. The molecule has 1 aliphatic heterocycles. The number of nitrogens with one attached hydrogen (secondary N) is 1. The van der Waals surface area contributed by atoms with Gasteiger partial charge in [-0.3, -0.25) is 9.88 Å². The van der Waals surface area contributed by atoms with Gasteiger partial charge in [0.05, 0.1) is 24.9 Å². The van der Waals surface area contributed by atoms with Gasteiger partial charge in [-0.25, -0.2) is 4.98 Å². The maximum Gasteiger partial charge on any atom is 0.156 e. The molecule has 0 aliphatic carbocycles. The van der Waals surface area contributed by atoms with E-state index in [9.17, 15) is 0 Å². The number of aromatic amines is 1. The zero-order valence-corrected chi connectivity index (χ0v) is 19.4. The summed E-state index contributed by atoms with van der Waals surface area (Å²) in [6.07, 6.45) is 6.23. The summed E-state index contributed by atoms with van der Waals surface area (Å²) in [6.45, 7) is 4.49. The lowest BCUT2D eigenvalue weighted by Crippen LogP contribution is -2.35. The maximum absolute atomic E-state index is 5.47. The van der Waals surface area contributed by atoms with E-state index in [4.69, 9.17) is 9.72 Å². The standard InChI is InChI=1S/C28H26N6O/c1-2-4-21(5-3-1)28-27(22-8-6-20(7-9-22)19-34-12-14-35-15-13-34)31-26(32-33-28)16-23-17-30-25-18-29-11-10-24(23)25/h1-11,17-18,30H,12-16,19H2. The average Bonchev–Trinajstić information content (AvgIpc) is 3.33. The van der Waals surface area contributed by atoms with Crippen LogP contribution in [0.4, 0.5) is 0 Å². The third-order valence-corrected chi connectivity index (χ3v) is 6.43. The summed E-state index contributed by atoms with van der Waals surface area (Å²) in [4.78, 5) is 14.9. The number of benzene rings is 2. The Kier molecular flexibility index (Phi) is 6.00. The SMILES string of the molecule is c1ccc(-c2nnc(Cc3c[nH]c4cnccc34)nc2-c2ccc(CN3CCOCC3)cc2)cc1. The van der Waals surface area contributed by atoms with Crippen LogP contribution in [0.25, 0.3) is 33.4 Å². The number of fused-ring (bicyclic) bond motifs is 1. The fourth-order valence-corrected chi connectivity index (χ4v) is 4.56. The number of aromatic nitrogens is 5. The van der Waals surface area contributed by atoms with E-state index in [0.717, 1.165) is 71.8 Å². The fraction of sp³-hybridized carbons (Fsp3) is 0.214. The fourth-order valence-electron chi connectivity index (χ4n) is 4.56. The molecule has 1 saturated heterocycles. The summed E-state index contributed by atoms with van der Waals surface area (Å²) in [6, 6.07) is 20.8. The smallest absolute Gasteiger partial charge is 0.156 e. The van der Waals surface area contributed by atoms with Gasteiger partial charge >= 0.3 is 0 Å².